The van der Waals surface area contributed by atoms with Gasteiger partial charge in [0.2, 0.25) is 0 Å². The number of aromatic nitrogens is 2. The largest absolute Gasteiger partial charge is 0.504 e. The van der Waals surface area contributed by atoms with Crippen molar-refractivity contribution in [2.75, 3.05) is 18.6 Å². The molecule has 0 atom stereocenters. The SMILES string of the molecule is CN1CN(Cc2ccccc2)C(=O)c2nc(C(O)=CC(=O)C(=O)O)n(Cc3ccccc3)c21. The summed E-state index contributed by atoms with van der Waals surface area (Å²) in [5, 5.41) is 19.5. The summed E-state index contributed by atoms with van der Waals surface area (Å²) in [5.41, 5.74) is 1.96. The summed E-state index contributed by atoms with van der Waals surface area (Å²) >= 11 is 0. The van der Waals surface area contributed by atoms with Crippen LogP contribution < -0.4 is 4.90 Å². The molecule has 168 valence electrons. The Morgan fingerprint density at radius 1 is 0.970 bits per heavy atom. The molecule has 1 aliphatic rings. The van der Waals surface area contributed by atoms with E-state index in [0.717, 1.165) is 11.1 Å². The molecule has 4 rings (SSSR count). The fourth-order valence-corrected chi connectivity index (χ4v) is 3.80. The second kappa shape index (κ2) is 8.99. The maximum atomic E-state index is 13.3. The van der Waals surface area contributed by atoms with E-state index in [9.17, 15) is 19.5 Å². The molecular weight excluding hydrogens is 424 g/mol. The van der Waals surface area contributed by atoms with Crippen LogP contribution in [-0.4, -0.2) is 56.0 Å². The highest BCUT2D eigenvalue weighted by Crippen LogP contribution is 2.31. The lowest BCUT2D eigenvalue weighted by molar-refractivity contribution is -0.146. The van der Waals surface area contributed by atoms with Crippen LogP contribution in [0.5, 0.6) is 0 Å². The number of hydrogen-bond donors (Lipinski definition) is 2. The molecule has 2 aromatic carbocycles. The Morgan fingerprint density at radius 3 is 2.12 bits per heavy atom. The van der Waals surface area contributed by atoms with Crippen molar-refractivity contribution in [2.45, 2.75) is 13.1 Å². The second-order valence-corrected chi connectivity index (χ2v) is 7.71. The highest BCUT2D eigenvalue weighted by molar-refractivity contribution is 6.38. The van der Waals surface area contributed by atoms with Crippen LogP contribution in [0.25, 0.3) is 5.76 Å². The van der Waals surface area contributed by atoms with E-state index in [-0.39, 0.29) is 24.0 Å². The van der Waals surface area contributed by atoms with E-state index in [1.807, 2.05) is 65.6 Å². The number of amides is 1. The van der Waals surface area contributed by atoms with Crippen molar-refractivity contribution >= 4 is 29.2 Å². The highest BCUT2D eigenvalue weighted by atomic mass is 16.4. The van der Waals surface area contributed by atoms with Crippen molar-refractivity contribution in [2.24, 2.45) is 0 Å². The van der Waals surface area contributed by atoms with Gasteiger partial charge in [-0.05, 0) is 11.1 Å². The third-order valence-electron chi connectivity index (χ3n) is 5.28. The first kappa shape index (κ1) is 21.8. The van der Waals surface area contributed by atoms with Crippen LogP contribution in [0.3, 0.4) is 0 Å². The number of aliphatic hydroxyl groups excluding tert-OH is 1. The van der Waals surface area contributed by atoms with Gasteiger partial charge < -0.3 is 24.6 Å². The van der Waals surface area contributed by atoms with Crippen LogP contribution >= 0.6 is 0 Å². The van der Waals surface area contributed by atoms with E-state index in [4.69, 9.17) is 5.11 Å². The first-order valence-corrected chi connectivity index (χ1v) is 10.2. The summed E-state index contributed by atoms with van der Waals surface area (Å²) in [6.45, 7) is 0.927. The molecule has 0 unspecified atom stereocenters. The minimum atomic E-state index is -1.70. The van der Waals surface area contributed by atoms with Gasteiger partial charge in [-0.1, -0.05) is 60.7 Å². The van der Waals surface area contributed by atoms with Gasteiger partial charge in [0.05, 0.1) is 13.2 Å². The van der Waals surface area contributed by atoms with Gasteiger partial charge in [-0.3, -0.25) is 9.59 Å². The lowest BCUT2D eigenvalue weighted by Gasteiger charge is -2.34. The monoisotopic (exact) mass is 446 g/mol. The molecule has 0 fully saturated rings. The van der Waals surface area contributed by atoms with Crippen molar-refractivity contribution in [3.63, 3.8) is 0 Å². The molecule has 9 heteroatoms. The molecule has 2 heterocycles. The average molecular weight is 446 g/mol. The number of carboxylic acid groups (broad SMARTS) is 1. The Balaban J connectivity index is 1.78. The van der Waals surface area contributed by atoms with Gasteiger partial charge in [0.25, 0.3) is 11.7 Å². The predicted octanol–water partition coefficient (Wildman–Crippen LogP) is 2.53. The van der Waals surface area contributed by atoms with Crippen LogP contribution in [0.4, 0.5) is 5.82 Å². The molecule has 0 saturated heterocycles. The molecule has 1 amide bonds. The normalized spacial score (nSPS) is 13.7. The number of benzene rings is 2. The second-order valence-electron chi connectivity index (χ2n) is 7.71. The number of fused-ring (bicyclic) bond motifs is 1. The van der Waals surface area contributed by atoms with Crippen molar-refractivity contribution in [1.29, 1.82) is 0 Å². The van der Waals surface area contributed by atoms with Crippen LogP contribution in [0.2, 0.25) is 0 Å². The van der Waals surface area contributed by atoms with Crippen LogP contribution in [-0.2, 0) is 22.7 Å². The zero-order chi connectivity index (χ0) is 23.5. The molecule has 0 saturated carbocycles. The van der Waals surface area contributed by atoms with E-state index in [0.29, 0.717) is 25.1 Å². The van der Waals surface area contributed by atoms with Crippen molar-refractivity contribution in [3.8, 4) is 0 Å². The van der Waals surface area contributed by atoms with E-state index >= 15 is 0 Å². The standard InChI is InChI=1S/C24H22N4O5/c1-26-15-27(13-16-8-4-2-5-9-16)23(31)20-22(26)28(14-17-10-6-3-7-11-17)21(25-20)18(29)12-19(30)24(32)33/h2-12,29H,13-15H2,1H3,(H,32,33). The zero-order valence-electron chi connectivity index (χ0n) is 17.9. The van der Waals surface area contributed by atoms with Crippen molar-refractivity contribution in [1.82, 2.24) is 14.5 Å². The Morgan fingerprint density at radius 2 is 1.55 bits per heavy atom. The highest BCUT2D eigenvalue weighted by Gasteiger charge is 2.35. The number of nitrogens with zero attached hydrogens (tertiary/aromatic N) is 4. The fraction of sp³-hybridized carbons (Fsp3) is 0.167. The summed E-state index contributed by atoms with van der Waals surface area (Å²) in [6.07, 6.45) is 0.601. The minimum absolute atomic E-state index is 0.0554. The van der Waals surface area contributed by atoms with Gasteiger partial charge in [-0.15, -0.1) is 0 Å². The van der Waals surface area contributed by atoms with Gasteiger partial charge in [0.1, 0.15) is 5.82 Å². The maximum absolute atomic E-state index is 13.3. The summed E-state index contributed by atoms with van der Waals surface area (Å²) in [5.74, 6) is -3.51. The average Bonchev–Trinajstić information content (AvgIpc) is 3.18. The number of anilines is 1. The van der Waals surface area contributed by atoms with Crippen LogP contribution in [0.1, 0.15) is 27.4 Å². The third kappa shape index (κ3) is 4.47. The Kier molecular flexibility index (Phi) is 5.95. The lowest BCUT2D eigenvalue weighted by atomic mass is 10.2. The number of aliphatic carboxylic acids is 1. The van der Waals surface area contributed by atoms with E-state index in [2.05, 4.69) is 4.98 Å². The number of hydrogen-bond acceptors (Lipinski definition) is 6. The molecule has 33 heavy (non-hydrogen) atoms. The molecule has 0 aliphatic carbocycles. The summed E-state index contributed by atoms with van der Waals surface area (Å²) in [4.78, 5) is 43.7. The molecule has 9 nitrogen and oxygen atoms in total. The van der Waals surface area contributed by atoms with Gasteiger partial charge >= 0.3 is 5.97 Å². The molecule has 1 aliphatic heterocycles. The molecule has 0 spiro atoms. The van der Waals surface area contributed by atoms with E-state index in [1.54, 1.807) is 16.5 Å². The molecule has 0 radical (unpaired) electrons. The Hall–Kier alpha value is -4.40. The molecule has 0 bridgehead atoms. The first-order chi connectivity index (χ1) is 15.8. The van der Waals surface area contributed by atoms with E-state index < -0.39 is 17.5 Å². The van der Waals surface area contributed by atoms with Gasteiger partial charge in [-0.2, -0.15) is 0 Å². The maximum Gasteiger partial charge on any atom is 0.376 e. The first-order valence-electron chi connectivity index (χ1n) is 10.2. The van der Waals surface area contributed by atoms with Crippen molar-refractivity contribution < 1.29 is 24.6 Å². The minimum Gasteiger partial charge on any atom is -0.504 e. The fourth-order valence-electron chi connectivity index (χ4n) is 3.80. The summed E-state index contributed by atoms with van der Waals surface area (Å²) < 4.78 is 1.61. The number of carbonyl (C=O) groups excluding carboxylic acids is 2. The number of aliphatic hydroxyl groups is 1. The molecule has 1 aromatic heterocycles. The molecule has 3 aromatic rings. The molecule has 2 N–H and O–H groups in total. The Labute approximate surface area is 189 Å². The number of imidazole rings is 1. The summed E-state index contributed by atoms with van der Waals surface area (Å²) in [7, 11) is 1.80. The van der Waals surface area contributed by atoms with Crippen LogP contribution in [0.15, 0.2) is 66.7 Å². The molecular formula is C24H22N4O5. The topological polar surface area (TPSA) is 116 Å². The quantitative estimate of drug-likeness (QED) is 0.325. The van der Waals surface area contributed by atoms with E-state index in [1.165, 1.54) is 0 Å². The Bertz CT molecular complexity index is 1230. The zero-order valence-corrected chi connectivity index (χ0v) is 17.9. The number of carbonyl (C=O) groups is 3. The third-order valence-corrected chi connectivity index (χ3v) is 5.28. The van der Waals surface area contributed by atoms with Crippen LogP contribution in [0, 0.1) is 0 Å². The number of carboxylic acids is 1. The smallest absolute Gasteiger partial charge is 0.376 e. The van der Waals surface area contributed by atoms with Gasteiger partial charge in [-0.25, -0.2) is 9.78 Å². The lowest BCUT2D eigenvalue weighted by Crippen LogP contribution is -2.45. The van der Waals surface area contributed by atoms with Gasteiger partial charge in [0, 0.05) is 19.7 Å². The predicted molar refractivity (Wildman–Crippen MR) is 121 cm³/mol. The van der Waals surface area contributed by atoms with Crippen molar-refractivity contribution in [3.05, 3.63) is 89.4 Å². The number of ketones is 1. The number of rotatable bonds is 7. The summed E-state index contributed by atoms with van der Waals surface area (Å²) in [6, 6.07) is 18.9. The van der Waals surface area contributed by atoms with Gasteiger partial charge in [0.15, 0.2) is 17.3 Å².